The van der Waals surface area contributed by atoms with Gasteiger partial charge in [-0.05, 0) is 30.2 Å². The fourth-order valence-corrected chi connectivity index (χ4v) is 1.79. The number of nitrogens with two attached hydrogens (primary N) is 1. The number of aryl methyl sites for hydroxylation is 1. The molecule has 5 heteroatoms. The third kappa shape index (κ3) is 3.19. The summed E-state index contributed by atoms with van der Waals surface area (Å²) in [6.45, 7) is 1.84. The van der Waals surface area contributed by atoms with Gasteiger partial charge < -0.3 is 10.5 Å². The van der Waals surface area contributed by atoms with Gasteiger partial charge in [-0.2, -0.15) is 0 Å². The van der Waals surface area contributed by atoms with E-state index in [-0.39, 0.29) is 5.75 Å². The number of anilines is 1. The number of halogens is 3. The summed E-state index contributed by atoms with van der Waals surface area (Å²) in [5.74, 6) is -0.258. The Morgan fingerprint density at radius 2 is 1.74 bits per heavy atom. The van der Waals surface area contributed by atoms with Crippen molar-refractivity contribution in [3.8, 4) is 16.9 Å². The van der Waals surface area contributed by atoms with Crippen molar-refractivity contribution in [3.05, 3.63) is 48.0 Å². The summed E-state index contributed by atoms with van der Waals surface area (Å²) in [6.07, 6.45) is -4.70. The van der Waals surface area contributed by atoms with Crippen molar-refractivity contribution in [2.24, 2.45) is 0 Å². The Morgan fingerprint density at radius 3 is 2.42 bits per heavy atom. The zero-order valence-corrected chi connectivity index (χ0v) is 10.2. The van der Waals surface area contributed by atoms with Gasteiger partial charge in [0, 0.05) is 11.3 Å². The molecule has 0 heterocycles. The smallest absolute Gasteiger partial charge is 0.406 e. The first-order chi connectivity index (χ1) is 8.87. The number of alkyl halides is 3. The lowest BCUT2D eigenvalue weighted by Gasteiger charge is -2.12. The first-order valence-corrected chi connectivity index (χ1v) is 5.58. The minimum atomic E-state index is -4.70. The van der Waals surface area contributed by atoms with Crippen LogP contribution >= 0.6 is 0 Å². The van der Waals surface area contributed by atoms with Gasteiger partial charge in [-0.15, -0.1) is 13.2 Å². The van der Waals surface area contributed by atoms with Gasteiger partial charge in [0.1, 0.15) is 5.75 Å². The fraction of sp³-hybridized carbons (Fsp3) is 0.143. The molecule has 100 valence electrons. The molecule has 0 atom stereocenters. The van der Waals surface area contributed by atoms with E-state index in [1.165, 1.54) is 18.2 Å². The highest BCUT2D eigenvalue weighted by molar-refractivity contribution is 5.78. The zero-order valence-electron chi connectivity index (χ0n) is 10.2. The van der Waals surface area contributed by atoms with Crippen LogP contribution in [0.25, 0.3) is 11.1 Å². The third-order valence-electron chi connectivity index (χ3n) is 2.70. The van der Waals surface area contributed by atoms with Gasteiger partial charge in [0.15, 0.2) is 0 Å². The second-order valence-electron chi connectivity index (χ2n) is 4.11. The highest BCUT2D eigenvalue weighted by atomic mass is 19.4. The van der Waals surface area contributed by atoms with Gasteiger partial charge >= 0.3 is 6.36 Å². The van der Waals surface area contributed by atoms with Crippen molar-refractivity contribution in [3.63, 3.8) is 0 Å². The molecule has 0 fully saturated rings. The summed E-state index contributed by atoms with van der Waals surface area (Å²) in [6, 6.07) is 11.2. The van der Waals surface area contributed by atoms with Crippen LogP contribution in [-0.4, -0.2) is 6.36 Å². The van der Waals surface area contributed by atoms with Gasteiger partial charge in [-0.1, -0.05) is 30.3 Å². The second kappa shape index (κ2) is 4.84. The summed E-state index contributed by atoms with van der Waals surface area (Å²) in [7, 11) is 0. The molecule has 0 aliphatic rings. The average molecular weight is 267 g/mol. The fourth-order valence-electron chi connectivity index (χ4n) is 1.79. The molecule has 19 heavy (non-hydrogen) atoms. The van der Waals surface area contributed by atoms with E-state index >= 15 is 0 Å². The predicted molar refractivity (Wildman–Crippen MR) is 67.7 cm³/mol. The molecule has 2 N–H and O–H groups in total. The van der Waals surface area contributed by atoms with Crippen LogP contribution in [0.1, 0.15) is 5.56 Å². The molecular weight excluding hydrogens is 255 g/mol. The minimum absolute atomic E-state index is 0.258. The molecule has 0 unspecified atom stereocenters. The lowest BCUT2D eigenvalue weighted by Crippen LogP contribution is -2.17. The number of hydrogen-bond acceptors (Lipinski definition) is 2. The van der Waals surface area contributed by atoms with Crippen LogP contribution in [0.4, 0.5) is 18.9 Å². The number of benzene rings is 2. The third-order valence-corrected chi connectivity index (χ3v) is 2.70. The highest BCUT2D eigenvalue weighted by Gasteiger charge is 2.31. The molecule has 0 amide bonds. The van der Waals surface area contributed by atoms with Crippen LogP contribution < -0.4 is 10.5 Å². The SMILES string of the molecule is Cc1cccc(-c2cccc(OC(F)(F)F)c2)c1N. The Kier molecular flexibility index (Phi) is 3.38. The van der Waals surface area contributed by atoms with Crippen molar-refractivity contribution in [1.82, 2.24) is 0 Å². The monoisotopic (exact) mass is 267 g/mol. The lowest BCUT2D eigenvalue weighted by molar-refractivity contribution is -0.274. The number of para-hydroxylation sites is 1. The van der Waals surface area contributed by atoms with Crippen LogP contribution in [0.15, 0.2) is 42.5 Å². The van der Waals surface area contributed by atoms with E-state index in [0.29, 0.717) is 16.8 Å². The Morgan fingerprint density at radius 1 is 1.05 bits per heavy atom. The standard InChI is InChI=1S/C14H12F3NO/c1-9-4-2-7-12(13(9)18)10-5-3-6-11(8-10)19-14(15,16)17/h2-8H,18H2,1H3. The number of nitrogen functional groups attached to an aromatic ring is 1. The average Bonchev–Trinajstić information content (AvgIpc) is 2.31. The summed E-state index contributed by atoms with van der Waals surface area (Å²) >= 11 is 0. The summed E-state index contributed by atoms with van der Waals surface area (Å²) < 4.78 is 40.4. The van der Waals surface area contributed by atoms with E-state index in [0.717, 1.165) is 5.56 Å². The van der Waals surface area contributed by atoms with Crippen molar-refractivity contribution in [1.29, 1.82) is 0 Å². The normalized spacial score (nSPS) is 11.4. The van der Waals surface area contributed by atoms with Crippen molar-refractivity contribution >= 4 is 5.69 Å². The molecular formula is C14H12F3NO. The van der Waals surface area contributed by atoms with Crippen molar-refractivity contribution < 1.29 is 17.9 Å². The quantitative estimate of drug-likeness (QED) is 0.830. The van der Waals surface area contributed by atoms with E-state index in [1.54, 1.807) is 18.2 Å². The molecule has 0 radical (unpaired) electrons. The molecule has 0 aliphatic carbocycles. The molecule has 0 aromatic heterocycles. The van der Waals surface area contributed by atoms with Crippen LogP contribution in [-0.2, 0) is 0 Å². The topological polar surface area (TPSA) is 35.2 Å². The largest absolute Gasteiger partial charge is 0.573 e. The highest BCUT2D eigenvalue weighted by Crippen LogP contribution is 2.32. The van der Waals surface area contributed by atoms with Gasteiger partial charge in [-0.3, -0.25) is 0 Å². The van der Waals surface area contributed by atoms with E-state index in [1.807, 2.05) is 13.0 Å². The maximum atomic E-state index is 12.2. The molecule has 2 rings (SSSR count). The molecule has 0 saturated carbocycles. The van der Waals surface area contributed by atoms with E-state index < -0.39 is 6.36 Å². The van der Waals surface area contributed by atoms with Gasteiger partial charge in [-0.25, -0.2) is 0 Å². The van der Waals surface area contributed by atoms with E-state index in [2.05, 4.69) is 4.74 Å². The number of ether oxygens (including phenoxy) is 1. The van der Waals surface area contributed by atoms with Crippen LogP contribution in [0, 0.1) is 6.92 Å². The summed E-state index contributed by atoms with van der Waals surface area (Å²) in [4.78, 5) is 0. The lowest BCUT2D eigenvalue weighted by atomic mass is 10.0. The Labute approximate surface area is 108 Å². The van der Waals surface area contributed by atoms with Crippen molar-refractivity contribution in [2.75, 3.05) is 5.73 Å². The molecule has 0 spiro atoms. The molecule has 2 aromatic rings. The maximum absolute atomic E-state index is 12.2. The van der Waals surface area contributed by atoms with Crippen LogP contribution in [0.2, 0.25) is 0 Å². The Bertz CT molecular complexity index is 593. The van der Waals surface area contributed by atoms with E-state index in [4.69, 9.17) is 5.73 Å². The zero-order chi connectivity index (χ0) is 14.0. The summed E-state index contributed by atoms with van der Waals surface area (Å²) in [5.41, 5.74) is 8.63. The first-order valence-electron chi connectivity index (χ1n) is 5.58. The Balaban J connectivity index is 2.41. The Hall–Kier alpha value is -2.17. The maximum Gasteiger partial charge on any atom is 0.573 e. The molecule has 2 nitrogen and oxygen atoms in total. The molecule has 2 aromatic carbocycles. The molecule has 0 saturated heterocycles. The number of hydrogen-bond donors (Lipinski definition) is 1. The summed E-state index contributed by atoms with van der Waals surface area (Å²) in [5, 5.41) is 0. The van der Waals surface area contributed by atoms with E-state index in [9.17, 15) is 13.2 Å². The van der Waals surface area contributed by atoms with Gasteiger partial charge in [0.05, 0.1) is 0 Å². The minimum Gasteiger partial charge on any atom is -0.406 e. The molecule has 0 aliphatic heterocycles. The predicted octanol–water partition coefficient (Wildman–Crippen LogP) is 4.14. The second-order valence-corrected chi connectivity index (χ2v) is 4.11. The van der Waals surface area contributed by atoms with Crippen molar-refractivity contribution in [2.45, 2.75) is 13.3 Å². The van der Waals surface area contributed by atoms with Gasteiger partial charge in [0.25, 0.3) is 0 Å². The number of rotatable bonds is 2. The van der Waals surface area contributed by atoms with Crippen LogP contribution in [0.3, 0.4) is 0 Å². The molecule has 0 bridgehead atoms. The van der Waals surface area contributed by atoms with Crippen LogP contribution in [0.5, 0.6) is 5.75 Å². The first kappa shape index (κ1) is 13.3. The van der Waals surface area contributed by atoms with Gasteiger partial charge in [0.2, 0.25) is 0 Å².